The van der Waals surface area contributed by atoms with Crippen molar-refractivity contribution in [1.29, 1.82) is 0 Å². The number of fused-ring (bicyclic) bond motifs is 1. The molecule has 1 aromatic carbocycles. The van der Waals surface area contributed by atoms with Crippen molar-refractivity contribution in [3.05, 3.63) is 29.8 Å². The van der Waals surface area contributed by atoms with Crippen LogP contribution in [0.1, 0.15) is 38.7 Å². The summed E-state index contributed by atoms with van der Waals surface area (Å²) in [6.07, 6.45) is 3.51. The predicted octanol–water partition coefficient (Wildman–Crippen LogP) is 3.20. The van der Waals surface area contributed by atoms with Crippen LogP contribution in [0.5, 0.6) is 0 Å². The third kappa shape index (κ3) is 2.68. The highest BCUT2D eigenvalue weighted by Gasteiger charge is 2.24. The van der Waals surface area contributed by atoms with Gasteiger partial charge in [-0.2, -0.15) is 0 Å². The first kappa shape index (κ1) is 12.2. The molecule has 0 radical (unpaired) electrons. The molecule has 0 aliphatic carbocycles. The summed E-state index contributed by atoms with van der Waals surface area (Å²) in [6, 6.07) is 9.18. The molecule has 1 aromatic rings. The molecule has 1 atom stereocenters. The summed E-state index contributed by atoms with van der Waals surface area (Å²) < 4.78 is 0. The molecule has 0 amide bonds. The number of hydrogen-bond donors (Lipinski definition) is 0. The fourth-order valence-corrected chi connectivity index (χ4v) is 2.59. The Morgan fingerprint density at radius 3 is 2.94 bits per heavy atom. The molecule has 0 fully saturated rings. The van der Waals surface area contributed by atoms with Crippen molar-refractivity contribution < 1.29 is 4.79 Å². The van der Waals surface area contributed by atoms with Crippen LogP contribution in [-0.4, -0.2) is 18.4 Å². The number of ketones is 1. The molecule has 1 unspecified atom stereocenters. The maximum absolute atomic E-state index is 11.3. The first-order chi connectivity index (χ1) is 8.22. The third-order valence-electron chi connectivity index (χ3n) is 3.60. The van der Waals surface area contributed by atoms with E-state index in [4.69, 9.17) is 0 Å². The molecular weight excluding hydrogens is 210 g/mol. The first-order valence-corrected chi connectivity index (χ1v) is 6.58. The molecule has 0 N–H and O–H groups in total. The van der Waals surface area contributed by atoms with E-state index in [1.165, 1.54) is 11.3 Å². The second-order valence-corrected chi connectivity index (χ2v) is 4.87. The molecule has 1 aliphatic heterocycles. The van der Waals surface area contributed by atoms with Crippen LogP contribution in [0.2, 0.25) is 0 Å². The van der Waals surface area contributed by atoms with E-state index in [2.05, 4.69) is 36.1 Å². The minimum atomic E-state index is 0.380. The van der Waals surface area contributed by atoms with Crippen LogP contribution in [0.15, 0.2) is 24.3 Å². The van der Waals surface area contributed by atoms with Crippen LogP contribution in [0, 0.1) is 0 Å². The van der Waals surface area contributed by atoms with Crippen molar-refractivity contribution in [1.82, 2.24) is 0 Å². The van der Waals surface area contributed by atoms with Gasteiger partial charge in [0.2, 0.25) is 0 Å². The molecule has 17 heavy (non-hydrogen) atoms. The Kier molecular flexibility index (Phi) is 3.82. The van der Waals surface area contributed by atoms with Crippen LogP contribution in [0.4, 0.5) is 5.69 Å². The largest absolute Gasteiger partial charge is 0.368 e. The van der Waals surface area contributed by atoms with E-state index in [0.717, 1.165) is 25.8 Å². The smallest absolute Gasteiger partial charge is 0.132 e. The van der Waals surface area contributed by atoms with Gasteiger partial charge in [0.05, 0.1) is 0 Å². The summed E-state index contributed by atoms with van der Waals surface area (Å²) in [7, 11) is 0. The highest BCUT2D eigenvalue weighted by atomic mass is 16.1. The van der Waals surface area contributed by atoms with Gasteiger partial charge >= 0.3 is 0 Å². The minimum absolute atomic E-state index is 0.380. The molecule has 1 aliphatic rings. The number of carbonyl (C=O) groups excluding carboxylic acids is 1. The SMILES string of the molecule is CCC(=O)CCCN1c2ccccc2CC1C. The molecular formula is C15H21NO. The Morgan fingerprint density at radius 1 is 1.41 bits per heavy atom. The Bertz CT molecular complexity index is 400. The zero-order chi connectivity index (χ0) is 12.3. The lowest BCUT2D eigenvalue weighted by Gasteiger charge is -2.24. The average Bonchev–Trinajstić information content (AvgIpc) is 2.66. The molecule has 2 rings (SSSR count). The van der Waals surface area contributed by atoms with Gasteiger partial charge in [0.25, 0.3) is 0 Å². The Balaban J connectivity index is 1.95. The zero-order valence-corrected chi connectivity index (χ0v) is 10.8. The molecule has 2 nitrogen and oxygen atoms in total. The lowest BCUT2D eigenvalue weighted by atomic mass is 10.1. The fraction of sp³-hybridized carbons (Fsp3) is 0.533. The van der Waals surface area contributed by atoms with Gasteiger partial charge in [0.1, 0.15) is 5.78 Å². The summed E-state index contributed by atoms with van der Waals surface area (Å²) in [6.45, 7) is 5.21. The van der Waals surface area contributed by atoms with Crippen molar-refractivity contribution in [3.63, 3.8) is 0 Å². The zero-order valence-electron chi connectivity index (χ0n) is 10.8. The molecule has 0 bridgehead atoms. The van der Waals surface area contributed by atoms with Crippen molar-refractivity contribution in [2.45, 2.75) is 45.6 Å². The van der Waals surface area contributed by atoms with Crippen molar-refractivity contribution in [2.24, 2.45) is 0 Å². The summed E-state index contributed by atoms with van der Waals surface area (Å²) in [5, 5.41) is 0. The van der Waals surface area contributed by atoms with E-state index in [9.17, 15) is 4.79 Å². The van der Waals surface area contributed by atoms with Crippen LogP contribution >= 0.6 is 0 Å². The number of anilines is 1. The van der Waals surface area contributed by atoms with Crippen LogP contribution in [0.25, 0.3) is 0 Å². The summed E-state index contributed by atoms with van der Waals surface area (Å²) in [5.41, 5.74) is 2.81. The van der Waals surface area contributed by atoms with Gasteiger partial charge in [-0.1, -0.05) is 25.1 Å². The van der Waals surface area contributed by atoms with E-state index in [-0.39, 0.29) is 0 Å². The molecule has 1 heterocycles. The molecule has 0 aromatic heterocycles. The molecule has 0 spiro atoms. The van der Waals surface area contributed by atoms with Crippen molar-refractivity contribution >= 4 is 11.5 Å². The predicted molar refractivity (Wildman–Crippen MR) is 71.5 cm³/mol. The maximum Gasteiger partial charge on any atom is 0.132 e. The van der Waals surface area contributed by atoms with Gasteiger partial charge in [-0.15, -0.1) is 0 Å². The van der Waals surface area contributed by atoms with Gasteiger partial charge in [0.15, 0.2) is 0 Å². The van der Waals surface area contributed by atoms with E-state index in [1.807, 2.05) is 6.92 Å². The monoisotopic (exact) mass is 231 g/mol. The van der Waals surface area contributed by atoms with Gasteiger partial charge < -0.3 is 4.90 Å². The number of benzene rings is 1. The van der Waals surface area contributed by atoms with E-state index in [0.29, 0.717) is 18.2 Å². The topological polar surface area (TPSA) is 20.3 Å². The minimum Gasteiger partial charge on any atom is -0.368 e. The second kappa shape index (κ2) is 5.35. The van der Waals surface area contributed by atoms with Gasteiger partial charge in [-0.3, -0.25) is 4.79 Å². The summed E-state index contributed by atoms with van der Waals surface area (Å²) >= 11 is 0. The van der Waals surface area contributed by atoms with E-state index < -0.39 is 0 Å². The quantitative estimate of drug-likeness (QED) is 0.775. The summed E-state index contributed by atoms with van der Waals surface area (Å²) in [5.74, 6) is 0.380. The Morgan fingerprint density at radius 2 is 2.18 bits per heavy atom. The van der Waals surface area contributed by atoms with Gasteiger partial charge in [-0.25, -0.2) is 0 Å². The molecule has 0 saturated carbocycles. The fourth-order valence-electron chi connectivity index (χ4n) is 2.59. The lowest BCUT2D eigenvalue weighted by Crippen LogP contribution is -2.30. The second-order valence-electron chi connectivity index (χ2n) is 4.87. The van der Waals surface area contributed by atoms with Crippen LogP contribution < -0.4 is 4.90 Å². The lowest BCUT2D eigenvalue weighted by molar-refractivity contribution is -0.118. The highest BCUT2D eigenvalue weighted by molar-refractivity contribution is 5.78. The standard InChI is InChI=1S/C15H21NO/c1-3-14(17)8-6-10-16-12(2)11-13-7-4-5-9-15(13)16/h4-5,7,9,12H,3,6,8,10-11H2,1-2H3. The van der Waals surface area contributed by atoms with Crippen LogP contribution in [-0.2, 0) is 11.2 Å². The number of hydrogen-bond acceptors (Lipinski definition) is 2. The summed E-state index contributed by atoms with van der Waals surface area (Å²) in [4.78, 5) is 13.7. The molecule has 92 valence electrons. The van der Waals surface area contributed by atoms with E-state index in [1.54, 1.807) is 0 Å². The molecule has 2 heteroatoms. The molecule has 0 saturated heterocycles. The Hall–Kier alpha value is -1.31. The average molecular weight is 231 g/mol. The number of para-hydroxylation sites is 1. The van der Waals surface area contributed by atoms with E-state index >= 15 is 0 Å². The number of Topliss-reactive ketones (excluding diaryl/α,β-unsaturated/α-hetero) is 1. The van der Waals surface area contributed by atoms with Crippen molar-refractivity contribution in [3.8, 4) is 0 Å². The van der Waals surface area contributed by atoms with Gasteiger partial charge in [0, 0.05) is 31.1 Å². The number of nitrogens with zero attached hydrogens (tertiary/aromatic N) is 1. The van der Waals surface area contributed by atoms with Crippen molar-refractivity contribution in [2.75, 3.05) is 11.4 Å². The number of carbonyl (C=O) groups is 1. The highest BCUT2D eigenvalue weighted by Crippen LogP contribution is 2.31. The normalized spacial score (nSPS) is 18.2. The van der Waals surface area contributed by atoms with Gasteiger partial charge in [-0.05, 0) is 31.4 Å². The van der Waals surface area contributed by atoms with Crippen LogP contribution in [0.3, 0.4) is 0 Å². The number of rotatable bonds is 5. The first-order valence-electron chi connectivity index (χ1n) is 6.58. The third-order valence-corrected chi connectivity index (χ3v) is 3.60. The maximum atomic E-state index is 11.3. The Labute approximate surface area is 104 Å².